The van der Waals surface area contributed by atoms with E-state index in [2.05, 4.69) is 10.3 Å². The molecule has 128 valence electrons. The first-order valence-corrected chi connectivity index (χ1v) is 8.55. The van der Waals surface area contributed by atoms with Crippen LogP contribution in [-0.2, 0) is 6.42 Å². The lowest BCUT2D eigenvalue weighted by Crippen LogP contribution is -2.26. The molecule has 1 amide bonds. The highest BCUT2D eigenvalue weighted by molar-refractivity contribution is 6.01. The van der Waals surface area contributed by atoms with Crippen molar-refractivity contribution < 1.29 is 9.90 Å². The summed E-state index contributed by atoms with van der Waals surface area (Å²) in [6.45, 7) is 0.455. The molecule has 0 radical (unpaired) electrons. The smallest absolute Gasteiger partial charge is 0.255 e. The molecule has 0 atom stereocenters. The molecule has 3 aromatic carbocycles. The molecule has 0 saturated carbocycles. The summed E-state index contributed by atoms with van der Waals surface area (Å²) < 4.78 is 0. The third kappa shape index (κ3) is 3.22. The van der Waals surface area contributed by atoms with Crippen LogP contribution in [-0.4, -0.2) is 22.5 Å². The van der Waals surface area contributed by atoms with Crippen molar-refractivity contribution in [2.75, 3.05) is 6.54 Å². The van der Waals surface area contributed by atoms with Crippen molar-refractivity contribution in [1.82, 2.24) is 10.3 Å². The summed E-state index contributed by atoms with van der Waals surface area (Å²) in [7, 11) is 0. The number of aromatic nitrogens is 1. The maximum absolute atomic E-state index is 12.4. The van der Waals surface area contributed by atoms with Crippen LogP contribution in [0.3, 0.4) is 0 Å². The van der Waals surface area contributed by atoms with Crippen molar-refractivity contribution >= 4 is 27.6 Å². The van der Waals surface area contributed by atoms with E-state index in [0.29, 0.717) is 13.0 Å². The normalized spacial score (nSPS) is 10.9. The number of fused-ring (bicyclic) bond motifs is 2. The van der Waals surface area contributed by atoms with Gasteiger partial charge in [-0.25, -0.2) is 0 Å². The van der Waals surface area contributed by atoms with Crippen LogP contribution < -0.4 is 5.32 Å². The minimum Gasteiger partial charge on any atom is -0.507 e. The van der Waals surface area contributed by atoms with Crippen molar-refractivity contribution in [2.24, 2.45) is 0 Å². The zero-order valence-corrected chi connectivity index (χ0v) is 14.1. The van der Waals surface area contributed by atoms with Crippen LogP contribution in [0.4, 0.5) is 0 Å². The Balaban J connectivity index is 1.45. The SMILES string of the molecule is O=C(NCCc1ccc2ccccc2n1)c1cc2ccccc2cc1O. The van der Waals surface area contributed by atoms with Crippen LogP contribution >= 0.6 is 0 Å². The topological polar surface area (TPSA) is 62.2 Å². The number of benzene rings is 3. The predicted molar refractivity (Wildman–Crippen MR) is 103 cm³/mol. The number of phenolic OH excluding ortho intramolecular Hbond substituents is 1. The van der Waals surface area contributed by atoms with Gasteiger partial charge in [0.25, 0.3) is 5.91 Å². The van der Waals surface area contributed by atoms with Gasteiger partial charge in [-0.1, -0.05) is 48.5 Å². The molecule has 0 aliphatic heterocycles. The quantitative estimate of drug-likeness (QED) is 0.588. The van der Waals surface area contributed by atoms with Gasteiger partial charge in [-0.2, -0.15) is 0 Å². The first-order chi connectivity index (χ1) is 12.7. The molecule has 0 aliphatic rings. The number of aromatic hydroxyl groups is 1. The van der Waals surface area contributed by atoms with E-state index in [0.717, 1.165) is 27.4 Å². The molecule has 4 rings (SSSR count). The number of phenols is 1. The van der Waals surface area contributed by atoms with Gasteiger partial charge < -0.3 is 10.4 Å². The van der Waals surface area contributed by atoms with Crippen molar-refractivity contribution in [3.05, 3.63) is 84.1 Å². The molecule has 4 heteroatoms. The summed E-state index contributed by atoms with van der Waals surface area (Å²) in [4.78, 5) is 17.0. The Labute approximate surface area is 151 Å². The number of hydrogen-bond donors (Lipinski definition) is 2. The molecule has 0 spiro atoms. The maximum atomic E-state index is 12.4. The van der Waals surface area contributed by atoms with Gasteiger partial charge in [0.05, 0.1) is 11.1 Å². The summed E-state index contributed by atoms with van der Waals surface area (Å²) in [5.41, 5.74) is 2.16. The van der Waals surface area contributed by atoms with E-state index in [-0.39, 0.29) is 17.2 Å². The molecular formula is C22H18N2O2. The first kappa shape index (κ1) is 16.1. The van der Waals surface area contributed by atoms with E-state index >= 15 is 0 Å². The summed E-state index contributed by atoms with van der Waals surface area (Å²) in [5, 5.41) is 15.9. The summed E-state index contributed by atoms with van der Waals surface area (Å²) in [5.74, 6) is -0.293. The van der Waals surface area contributed by atoms with E-state index in [1.807, 2.05) is 60.7 Å². The second kappa shape index (κ2) is 6.84. The highest BCUT2D eigenvalue weighted by Crippen LogP contribution is 2.24. The van der Waals surface area contributed by atoms with Crippen molar-refractivity contribution in [1.29, 1.82) is 0 Å². The number of carbonyl (C=O) groups excluding carboxylic acids is 1. The van der Waals surface area contributed by atoms with Crippen LogP contribution in [0.2, 0.25) is 0 Å². The maximum Gasteiger partial charge on any atom is 0.255 e. The number of nitrogens with zero attached hydrogens (tertiary/aromatic N) is 1. The number of pyridine rings is 1. The average Bonchev–Trinajstić information content (AvgIpc) is 2.67. The summed E-state index contributed by atoms with van der Waals surface area (Å²) >= 11 is 0. The minimum atomic E-state index is -0.283. The lowest BCUT2D eigenvalue weighted by atomic mass is 10.1. The largest absolute Gasteiger partial charge is 0.507 e. The van der Waals surface area contributed by atoms with Crippen LogP contribution in [0.5, 0.6) is 5.75 Å². The van der Waals surface area contributed by atoms with Crippen molar-refractivity contribution in [2.45, 2.75) is 6.42 Å². The van der Waals surface area contributed by atoms with E-state index in [4.69, 9.17) is 0 Å². The predicted octanol–water partition coefficient (Wildman–Crippen LogP) is 4.07. The number of carbonyl (C=O) groups is 1. The number of amides is 1. The van der Waals surface area contributed by atoms with Gasteiger partial charge in [-0.05, 0) is 35.0 Å². The monoisotopic (exact) mass is 342 g/mol. The zero-order valence-electron chi connectivity index (χ0n) is 14.1. The lowest BCUT2D eigenvalue weighted by Gasteiger charge is -2.09. The molecule has 0 unspecified atom stereocenters. The number of para-hydroxylation sites is 1. The Kier molecular flexibility index (Phi) is 4.23. The number of nitrogens with one attached hydrogen (secondary N) is 1. The van der Waals surface area contributed by atoms with Gasteiger partial charge in [0, 0.05) is 24.0 Å². The summed E-state index contributed by atoms with van der Waals surface area (Å²) in [6.07, 6.45) is 0.630. The van der Waals surface area contributed by atoms with E-state index in [1.54, 1.807) is 12.1 Å². The van der Waals surface area contributed by atoms with Crippen molar-refractivity contribution in [3.63, 3.8) is 0 Å². The van der Waals surface area contributed by atoms with Gasteiger partial charge in [-0.3, -0.25) is 9.78 Å². The van der Waals surface area contributed by atoms with Gasteiger partial charge in [0.15, 0.2) is 0 Å². The highest BCUT2D eigenvalue weighted by Gasteiger charge is 2.12. The van der Waals surface area contributed by atoms with Crippen LogP contribution in [0.1, 0.15) is 16.1 Å². The fourth-order valence-electron chi connectivity index (χ4n) is 3.06. The minimum absolute atomic E-state index is 0.00923. The second-order valence-corrected chi connectivity index (χ2v) is 6.22. The molecular weight excluding hydrogens is 324 g/mol. The molecule has 1 aromatic heterocycles. The fourth-order valence-corrected chi connectivity index (χ4v) is 3.06. The average molecular weight is 342 g/mol. The molecule has 0 aliphatic carbocycles. The molecule has 4 aromatic rings. The Bertz CT molecular complexity index is 1110. The van der Waals surface area contributed by atoms with Crippen LogP contribution in [0.25, 0.3) is 21.7 Å². The molecule has 0 saturated heterocycles. The molecule has 26 heavy (non-hydrogen) atoms. The van der Waals surface area contributed by atoms with E-state index in [1.165, 1.54) is 0 Å². The lowest BCUT2D eigenvalue weighted by molar-refractivity contribution is 0.0951. The van der Waals surface area contributed by atoms with Gasteiger partial charge in [-0.15, -0.1) is 0 Å². The van der Waals surface area contributed by atoms with Gasteiger partial charge in [0.1, 0.15) is 5.75 Å². The molecule has 2 N–H and O–H groups in total. The van der Waals surface area contributed by atoms with E-state index in [9.17, 15) is 9.90 Å². The molecule has 0 bridgehead atoms. The first-order valence-electron chi connectivity index (χ1n) is 8.55. The van der Waals surface area contributed by atoms with Crippen LogP contribution in [0.15, 0.2) is 72.8 Å². The third-order valence-electron chi connectivity index (χ3n) is 4.43. The molecule has 4 nitrogen and oxygen atoms in total. The third-order valence-corrected chi connectivity index (χ3v) is 4.43. The Morgan fingerprint density at radius 2 is 1.58 bits per heavy atom. The van der Waals surface area contributed by atoms with Gasteiger partial charge in [0.2, 0.25) is 0 Å². The van der Waals surface area contributed by atoms with E-state index < -0.39 is 0 Å². The standard InChI is InChI=1S/C22H18N2O2/c25-21-14-17-7-2-1-6-16(17)13-19(21)22(26)23-12-11-18-10-9-15-5-3-4-8-20(15)24-18/h1-10,13-14,25H,11-12H2,(H,23,26). The summed E-state index contributed by atoms with van der Waals surface area (Å²) in [6, 6.07) is 22.9. The Hall–Kier alpha value is -3.40. The highest BCUT2D eigenvalue weighted by atomic mass is 16.3. The molecule has 1 heterocycles. The second-order valence-electron chi connectivity index (χ2n) is 6.22. The number of rotatable bonds is 4. The van der Waals surface area contributed by atoms with Gasteiger partial charge >= 0.3 is 0 Å². The zero-order chi connectivity index (χ0) is 17.9. The van der Waals surface area contributed by atoms with Crippen molar-refractivity contribution in [3.8, 4) is 5.75 Å². The molecule has 0 fully saturated rings. The van der Waals surface area contributed by atoms with Crippen LogP contribution in [0, 0.1) is 0 Å². The Morgan fingerprint density at radius 1 is 0.885 bits per heavy atom. The number of hydrogen-bond acceptors (Lipinski definition) is 3. The fraction of sp³-hybridized carbons (Fsp3) is 0.0909. The Morgan fingerprint density at radius 3 is 2.38 bits per heavy atom.